The zero-order valence-corrected chi connectivity index (χ0v) is 12.1. The van der Waals surface area contributed by atoms with Crippen LogP contribution in [-0.2, 0) is 4.79 Å². The second-order valence-electron chi connectivity index (χ2n) is 4.43. The summed E-state index contributed by atoms with van der Waals surface area (Å²) in [4.78, 5) is 15.7. The monoisotopic (exact) mass is 308 g/mol. The molecular formula is C15H14ClFN2O2. The second-order valence-corrected chi connectivity index (χ2v) is 4.84. The van der Waals surface area contributed by atoms with Gasteiger partial charge in [0, 0.05) is 12.4 Å². The molecule has 0 unspecified atom stereocenters. The lowest BCUT2D eigenvalue weighted by atomic mass is 10.1. The lowest BCUT2D eigenvalue weighted by Crippen LogP contribution is -2.31. The number of pyridine rings is 1. The van der Waals surface area contributed by atoms with Crippen LogP contribution in [0.3, 0.4) is 0 Å². The van der Waals surface area contributed by atoms with Crippen molar-refractivity contribution in [1.29, 1.82) is 0 Å². The van der Waals surface area contributed by atoms with Crippen molar-refractivity contribution in [2.75, 3.05) is 6.61 Å². The summed E-state index contributed by atoms with van der Waals surface area (Å²) in [5, 5.41) is 2.92. The minimum Gasteiger partial charge on any atom is -0.482 e. The van der Waals surface area contributed by atoms with Gasteiger partial charge in [-0.15, -0.1) is 0 Å². The van der Waals surface area contributed by atoms with Crippen LogP contribution in [0, 0.1) is 5.82 Å². The molecular weight excluding hydrogens is 295 g/mol. The van der Waals surface area contributed by atoms with E-state index in [2.05, 4.69) is 10.3 Å². The Morgan fingerprint density at radius 3 is 2.76 bits per heavy atom. The average molecular weight is 309 g/mol. The molecule has 0 saturated carbocycles. The van der Waals surface area contributed by atoms with E-state index in [-0.39, 0.29) is 29.3 Å². The van der Waals surface area contributed by atoms with Gasteiger partial charge in [-0.25, -0.2) is 4.39 Å². The largest absolute Gasteiger partial charge is 0.482 e. The Hall–Kier alpha value is -2.14. The molecule has 0 spiro atoms. The third-order valence-electron chi connectivity index (χ3n) is 2.84. The van der Waals surface area contributed by atoms with E-state index in [1.54, 1.807) is 12.4 Å². The fourth-order valence-corrected chi connectivity index (χ4v) is 1.98. The Labute approximate surface area is 126 Å². The minimum absolute atomic E-state index is 0.130. The lowest BCUT2D eigenvalue weighted by Gasteiger charge is -2.14. The van der Waals surface area contributed by atoms with Crippen LogP contribution in [0.25, 0.3) is 0 Å². The third kappa shape index (κ3) is 4.43. The molecule has 1 aromatic carbocycles. The van der Waals surface area contributed by atoms with E-state index in [1.807, 2.05) is 19.1 Å². The minimum atomic E-state index is -0.455. The van der Waals surface area contributed by atoms with Gasteiger partial charge in [0.2, 0.25) is 0 Å². The van der Waals surface area contributed by atoms with Crippen molar-refractivity contribution in [1.82, 2.24) is 10.3 Å². The smallest absolute Gasteiger partial charge is 0.258 e. The lowest BCUT2D eigenvalue weighted by molar-refractivity contribution is -0.123. The van der Waals surface area contributed by atoms with Crippen molar-refractivity contribution < 1.29 is 13.9 Å². The zero-order valence-electron chi connectivity index (χ0n) is 11.3. The van der Waals surface area contributed by atoms with Gasteiger partial charge >= 0.3 is 0 Å². The topological polar surface area (TPSA) is 51.2 Å². The number of amides is 1. The Morgan fingerprint density at radius 2 is 2.10 bits per heavy atom. The summed E-state index contributed by atoms with van der Waals surface area (Å²) in [5.74, 6) is -0.479. The van der Waals surface area contributed by atoms with Gasteiger partial charge in [-0.2, -0.15) is 0 Å². The molecule has 0 bridgehead atoms. The van der Waals surface area contributed by atoms with E-state index in [1.165, 1.54) is 12.1 Å². The van der Waals surface area contributed by atoms with E-state index >= 15 is 0 Å². The van der Waals surface area contributed by atoms with Crippen molar-refractivity contribution in [2.24, 2.45) is 0 Å². The molecule has 1 heterocycles. The highest BCUT2D eigenvalue weighted by atomic mass is 35.5. The van der Waals surface area contributed by atoms with E-state index < -0.39 is 5.82 Å². The molecule has 110 valence electrons. The van der Waals surface area contributed by atoms with Crippen molar-refractivity contribution in [3.8, 4) is 5.75 Å². The number of carbonyl (C=O) groups is 1. The zero-order chi connectivity index (χ0) is 15.2. The second kappa shape index (κ2) is 7.04. The maximum atomic E-state index is 12.9. The number of hydrogen-bond donors (Lipinski definition) is 1. The summed E-state index contributed by atoms with van der Waals surface area (Å²) >= 11 is 5.81. The van der Waals surface area contributed by atoms with E-state index in [0.29, 0.717) is 0 Å². The van der Waals surface area contributed by atoms with Crippen molar-refractivity contribution >= 4 is 17.5 Å². The SMILES string of the molecule is C[C@H](NC(=O)COc1ccc(F)cc1Cl)c1ccncc1. The Bertz CT molecular complexity index is 622. The van der Waals surface area contributed by atoms with Crippen LogP contribution >= 0.6 is 11.6 Å². The molecule has 0 aliphatic rings. The molecule has 0 fully saturated rings. The molecule has 2 aromatic rings. The van der Waals surface area contributed by atoms with Gasteiger partial charge in [-0.3, -0.25) is 9.78 Å². The van der Waals surface area contributed by atoms with E-state index in [4.69, 9.17) is 16.3 Å². The molecule has 6 heteroatoms. The quantitative estimate of drug-likeness (QED) is 0.923. The first-order valence-electron chi connectivity index (χ1n) is 6.33. The molecule has 4 nitrogen and oxygen atoms in total. The molecule has 0 aliphatic heterocycles. The Kier molecular flexibility index (Phi) is 5.11. The van der Waals surface area contributed by atoms with Crippen LogP contribution in [0.15, 0.2) is 42.7 Å². The first kappa shape index (κ1) is 15.3. The standard InChI is InChI=1S/C15H14ClFN2O2/c1-10(11-4-6-18-7-5-11)19-15(20)9-21-14-3-2-12(17)8-13(14)16/h2-8,10H,9H2,1H3,(H,19,20)/t10-/m0/s1. The summed E-state index contributed by atoms with van der Waals surface area (Å²) < 4.78 is 18.1. The van der Waals surface area contributed by atoms with Gasteiger partial charge in [-0.1, -0.05) is 11.6 Å². The van der Waals surface area contributed by atoms with Crippen LogP contribution in [0.4, 0.5) is 4.39 Å². The van der Waals surface area contributed by atoms with Gasteiger partial charge in [0.05, 0.1) is 11.1 Å². The van der Waals surface area contributed by atoms with Gasteiger partial charge in [0.25, 0.3) is 5.91 Å². The van der Waals surface area contributed by atoms with Crippen LogP contribution < -0.4 is 10.1 Å². The maximum absolute atomic E-state index is 12.9. The number of halogens is 2. The molecule has 1 aromatic heterocycles. The predicted molar refractivity (Wildman–Crippen MR) is 77.7 cm³/mol. The molecule has 1 atom stereocenters. The number of aromatic nitrogens is 1. The number of benzene rings is 1. The number of nitrogens with zero attached hydrogens (tertiary/aromatic N) is 1. The Morgan fingerprint density at radius 1 is 1.38 bits per heavy atom. The van der Waals surface area contributed by atoms with Gasteiger partial charge in [0.15, 0.2) is 6.61 Å². The van der Waals surface area contributed by atoms with Crippen molar-refractivity contribution in [2.45, 2.75) is 13.0 Å². The predicted octanol–water partition coefficient (Wildman–Crippen LogP) is 3.13. The normalized spacial score (nSPS) is 11.8. The van der Waals surface area contributed by atoms with Crippen LogP contribution in [0.1, 0.15) is 18.5 Å². The molecule has 21 heavy (non-hydrogen) atoms. The highest BCUT2D eigenvalue weighted by Crippen LogP contribution is 2.24. The Balaban J connectivity index is 1.87. The van der Waals surface area contributed by atoms with Crippen molar-refractivity contribution in [3.63, 3.8) is 0 Å². The summed E-state index contributed by atoms with van der Waals surface area (Å²) in [6, 6.07) is 7.23. The number of rotatable bonds is 5. The first-order valence-corrected chi connectivity index (χ1v) is 6.71. The summed E-state index contributed by atoms with van der Waals surface area (Å²) in [7, 11) is 0. The van der Waals surface area contributed by atoms with Gasteiger partial charge < -0.3 is 10.1 Å². The molecule has 0 saturated heterocycles. The summed E-state index contributed by atoms with van der Waals surface area (Å²) in [6.07, 6.45) is 3.32. The van der Waals surface area contributed by atoms with Crippen LogP contribution in [-0.4, -0.2) is 17.5 Å². The fraction of sp³-hybridized carbons (Fsp3) is 0.200. The highest BCUT2D eigenvalue weighted by Gasteiger charge is 2.11. The van der Waals surface area contributed by atoms with Crippen molar-refractivity contribution in [3.05, 3.63) is 59.1 Å². The third-order valence-corrected chi connectivity index (χ3v) is 3.13. The molecule has 1 amide bonds. The van der Waals surface area contributed by atoms with Gasteiger partial charge in [-0.05, 0) is 42.8 Å². The molecule has 1 N–H and O–H groups in total. The number of ether oxygens (including phenoxy) is 1. The fourth-order valence-electron chi connectivity index (χ4n) is 1.75. The highest BCUT2D eigenvalue weighted by molar-refractivity contribution is 6.32. The number of carbonyl (C=O) groups excluding carboxylic acids is 1. The van der Waals surface area contributed by atoms with E-state index in [9.17, 15) is 9.18 Å². The molecule has 2 rings (SSSR count). The summed E-state index contributed by atoms with van der Waals surface area (Å²) in [6.45, 7) is 1.67. The maximum Gasteiger partial charge on any atom is 0.258 e. The van der Waals surface area contributed by atoms with Crippen LogP contribution in [0.2, 0.25) is 5.02 Å². The first-order chi connectivity index (χ1) is 10.1. The van der Waals surface area contributed by atoms with Gasteiger partial charge in [0.1, 0.15) is 11.6 Å². The molecule has 0 aliphatic carbocycles. The number of hydrogen-bond acceptors (Lipinski definition) is 3. The summed E-state index contributed by atoms with van der Waals surface area (Å²) in [5.41, 5.74) is 0.943. The number of nitrogens with one attached hydrogen (secondary N) is 1. The van der Waals surface area contributed by atoms with E-state index in [0.717, 1.165) is 11.6 Å². The molecule has 0 radical (unpaired) electrons. The average Bonchev–Trinajstić information content (AvgIpc) is 2.47. The van der Waals surface area contributed by atoms with Crippen LogP contribution in [0.5, 0.6) is 5.75 Å².